The molecule has 0 aliphatic heterocycles. The van der Waals surface area contributed by atoms with Crippen LogP contribution >= 0.6 is 27.5 Å². The second kappa shape index (κ2) is 7.15. The van der Waals surface area contributed by atoms with Crippen LogP contribution in [-0.2, 0) is 0 Å². The van der Waals surface area contributed by atoms with Gasteiger partial charge in [-0.05, 0) is 37.0 Å². The van der Waals surface area contributed by atoms with E-state index in [1.807, 2.05) is 25.1 Å². The number of alkyl halides is 1. The first kappa shape index (κ1) is 15.5. The summed E-state index contributed by atoms with van der Waals surface area (Å²) < 4.78 is 0.944. The summed E-state index contributed by atoms with van der Waals surface area (Å²) in [5.74, 6) is 0.472. The van der Waals surface area contributed by atoms with E-state index in [-0.39, 0.29) is 11.3 Å². The van der Waals surface area contributed by atoms with Crippen molar-refractivity contribution in [2.45, 2.75) is 32.6 Å². The molecule has 0 bridgehead atoms. The molecular weight excluding hydrogens is 314 g/mol. The van der Waals surface area contributed by atoms with Crippen molar-refractivity contribution in [1.29, 1.82) is 0 Å². The van der Waals surface area contributed by atoms with Crippen LogP contribution in [0.5, 0.6) is 0 Å². The monoisotopic (exact) mass is 331 g/mol. The van der Waals surface area contributed by atoms with Gasteiger partial charge >= 0.3 is 0 Å². The van der Waals surface area contributed by atoms with E-state index in [1.165, 1.54) is 0 Å². The van der Waals surface area contributed by atoms with Gasteiger partial charge in [-0.25, -0.2) is 0 Å². The number of hydrogen-bond acceptors (Lipinski definition) is 1. The maximum absolute atomic E-state index is 12.0. The number of halogens is 2. The van der Waals surface area contributed by atoms with Gasteiger partial charge in [-0.15, -0.1) is 11.6 Å². The third-order valence-electron chi connectivity index (χ3n) is 2.72. The van der Waals surface area contributed by atoms with Crippen molar-refractivity contribution >= 4 is 33.4 Å². The number of carbonyl (C=O) groups is 1. The third-order valence-corrected chi connectivity index (χ3v) is 3.92. The molecule has 1 rings (SSSR count). The lowest BCUT2D eigenvalue weighted by Crippen LogP contribution is -2.30. The predicted molar refractivity (Wildman–Crippen MR) is 80.3 cm³/mol. The van der Waals surface area contributed by atoms with Crippen molar-refractivity contribution in [3.05, 3.63) is 33.8 Å². The van der Waals surface area contributed by atoms with E-state index in [4.69, 9.17) is 11.6 Å². The first-order valence-corrected chi connectivity index (χ1v) is 7.32. The molecule has 2 nitrogen and oxygen atoms in total. The van der Waals surface area contributed by atoms with Crippen LogP contribution in [0.2, 0.25) is 0 Å². The van der Waals surface area contributed by atoms with E-state index < -0.39 is 0 Å². The van der Waals surface area contributed by atoms with Gasteiger partial charge in [0.1, 0.15) is 0 Å². The molecule has 0 aromatic heterocycles. The fourth-order valence-electron chi connectivity index (χ4n) is 1.75. The van der Waals surface area contributed by atoms with Gasteiger partial charge in [0, 0.05) is 16.6 Å². The fourth-order valence-corrected chi connectivity index (χ4v) is 2.55. The SMILES string of the molecule is Cc1c(Br)cccc1C(=O)NCC(Cl)CC(C)C. The summed E-state index contributed by atoms with van der Waals surface area (Å²) in [6.45, 7) is 6.67. The number of hydrogen-bond donors (Lipinski definition) is 1. The standard InChI is InChI=1S/C14H19BrClNO/c1-9(2)7-11(16)8-17-14(18)12-5-4-6-13(15)10(12)3/h4-6,9,11H,7-8H2,1-3H3,(H,17,18). The van der Waals surface area contributed by atoms with Crippen LogP contribution in [0.25, 0.3) is 0 Å². The minimum absolute atomic E-state index is 0.0126. The van der Waals surface area contributed by atoms with Gasteiger partial charge in [-0.2, -0.15) is 0 Å². The number of amides is 1. The molecule has 1 N–H and O–H groups in total. The summed E-state index contributed by atoms with van der Waals surface area (Å²) in [6, 6.07) is 5.61. The van der Waals surface area contributed by atoms with E-state index in [1.54, 1.807) is 0 Å². The zero-order valence-corrected chi connectivity index (χ0v) is 13.3. The summed E-state index contributed by atoms with van der Waals surface area (Å²) in [7, 11) is 0. The summed E-state index contributed by atoms with van der Waals surface area (Å²) in [6.07, 6.45) is 0.902. The Hall–Kier alpha value is -0.540. The number of rotatable bonds is 5. The van der Waals surface area contributed by atoms with Crippen LogP contribution in [0, 0.1) is 12.8 Å². The molecule has 1 unspecified atom stereocenters. The maximum atomic E-state index is 12.0. The summed E-state index contributed by atoms with van der Waals surface area (Å²) >= 11 is 9.58. The zero-order valence-electron chi connectivity index (χ0n) is 11.0. The third kappa shape index (κ3) is 4.62. The lowest BCUT2D eigenvalue weighted by molar-refractivity contribution is 0.0952. The Labute approximate surface area is 122 Å². The van der Waals surface area contributed by atoms with E-state index in [2.05, 4.69) is 35.1 Å². The minimum Gasteiger partial charge on any atom is -0.351 e. The van der Waals surface area contributed by atoms with E-state index in [0.717, 1.165) is 16.5 Å². The van der Waals surface area contributed by atoms with E-state index in [0.29, 0.717) is 18.0 Å². The zero-order chi connectivity index (χ0) is 13.7. The van der Waals surface area contributed by atoms with Crippen LogP contribution in [0.15, 0.2) is 22.7 Å². The average molecular weight is 333 g/mol. The van der Waals surface area contributed by atoms with Gasteiger partial charge < -0.3 is 5.32 Å². The second-order valence-electron chi connectivity index (χ2n) is 4.85. The second-order valence-corrected chi connectivity index (χ2v) is 6.32. The van der Waals surface area contributed by atoms with Crippen molar-refractivity contribution in [2.75, 3.05) is 6.54 Å². The molecule has 1 aromatic rings. The molecule has 0 aliphatic rings. The number of nitrogens with one attached hydrogen (secondary N) is 1. The number of benzene rings is 1. The molecule has 0 heterocycles. The Balaban J connectivity index is 2.58. The molecule has 0 saturated heterocycles. The molecule has 0 fully saturated rings. The van der Waals surface area contributed by atoms with E-state index >= 15 is 0 Å². The molecule has 100 valence electrons. The Kier molecular flexibility index (Phi) is 6.16. The molecule has 0 saturated carbocycles. The molecule has 1 amide bonds. The van der Waals surface area contributed by atoms with Crippen molar-refractivity contribution in [1.82, 2.24) is 5.32 Å². The Morgan fingerprint density at radius 3 is 2.72 bits per heavy atom. The van der Waals surface area contributed by atoms with Crippen molar-refractivity contribution in [3.8, 4) is 0 Å². The Morgan fingerprint density at radius 1 is 1.44 bits per heavy atom. The van der Waals surface area contributed by atoms with Gasteiger partial charge in [-0.1, -0.05) is 35.8 Å². The minimum atomic E-state index is -0.0665. The largest absolute Gasteiger partial charge is 0.351 e. The van der Waals surface area contributed by atoms with Crippen LogP contribution in [0.4, 0.5) is 0 Å². The molecular formula is C14H19BrClNO. The van der Waals surface area contributed by atoms with Gasteiger partial charge in [0.15, 0.2) is 0 Å². The van der Waals surface area contributed by atoms with E-state index in [9.17, 15) is 4.79 Å². The maximum Gasteiger partial charge on any atom is 0.251 e. The molecule has 0 radical (unpaired) electrons. The van der Waals surface area contributed by atoms with Gasteiger partial charge in [0.2, 0.25) is 0 Å². The lowest BCUT2D eigenvalue weighted by Gasteiger charge is -2.14. The summed E-state index contributed by atoms with van der Waals surface area (Å²) in [5.41, 5.74) is 1.64. The quantitative estimate of drug-likeness (QED) is 0.807. The average Bonchev–Trinajstić information content (AvgIpc) is 2.29. The van der Waals surface area contributed by atoms with Crippen LogP contribution in [-0.4, -0.2) is 17.8 Å². The Bertz CT molecular complexity index is 420. The van der Waals surface area contributed by atoms with Crippen LogP contribution in [0.1, 0.15) is 36.2 Å². The van der Waals surface area contributed by atoms with Gasteiger partial charge in [0.25, 0.3) is 5.91 Å². The first-order valence-electron chi connectivity index (χ1n) is 6.09. The normalized spacial score (nSPS) is 12.6. The smallest absolute Gasteiger partial charge is 0.251 e. The fraction of sp³-hybridized carbons (Fsp3) is 0.500. The Morgan fingerprint density at radius 2 is 2.11 bits per heavy atom. The molecule has 0 spiro atoms. The molecule has 0 aliphatic carbocycles. The molecule has 1 atom stereocenters. The highest BCUT2D eigenvalue weighted by Crippen LogP contribution is 2.19. The van der Waals surface area contributed by atoms with Crippen LogP contribution in [0.3, 0.4) is 0 Å². The number of carbonyl (C=O) groups excluding carboxylic acids is 1. The van der Waals surface area contributed by atoms with Gasteiger partial charge in [-0.3, -0.25) is 4.79 Å². The summed E-state index contributed by atoms with van der Waals surface area (Å²) in [5, 5.41) is 2.87. The molecule has 4 heteroatoms. The van der Waals surface area contributed by atoms with Crippen molar-refractivity contribution in [2.24, 2.45) is 5.92 Å². The molecule has 18 heavy (non-hydrogen) atoms. The van der Waals surface area contributed by atoms with Crippen molar-refractivity contribution < 1.29 is 4.79 Å². The highest BCUT2D eigenvalue weighted by Gasteiger charge is 2.13. The topological polar surface area (TPSA) is 29.1 Å². The summed E-state index contributed by atoms with van der Waals surface area (Å²) in [4.78, 5) is 12.0. The lowest BCUT2D eigenvalue weighted by atomic mass is 10.1. The predicted octanol–water partition coefficient (Wildman–Crippen LogP) is 4.14. The van der Waals surface area contributed by atoms with Crippen LogP contribution < -0.4 is 5.32 Å². The highest BCUT2D eigenvalue weighted by molar-refractivity contribution is 9.10. The van der Waals surface area contributed by atoms with Gasteiger partial charge in [0.05, 0.1) is 5.38 Å². The highest BCUT2D eigenvalue weighted by atomic mass is 79.9. The van der Waals surface area contributed by atoms with Crippen molar-refractivity contribution in [3.63, 3.8) is 0 Å². The molecule has 1 aromatic carbocycles. The first-order chi connectivity index (χ1) is 8.41.